The smallest absolute Gasteiger partial charge is 0.305 e. The van der Waals surface area contributed by atoms with E-state index < -0.39 is 81.4 Å². The van der Waals surface area contributed by atoms with Crippen LogP contribution in [-0.4, -0.2) is 144 Å². The number of anilines is 2. The molecule has 1 saturated heterocycles. The number of carbonyl (C=O) groups excluding carboxylic acids is 4. The summed E-state index contributed by atoms with van der Waals surface area (Å²) in [7, 11) is -3.35. The molecule has 0 radical (unpaired) electrons. The van der Waals surface area contributed by atoms with Crippen LogP contribution < -0.4 is 31.2 Å². The van der Waals surface area contributed by atoms with Gasteiger partial charge in [-0.2, -0.15) is 9.35 Å². The molecule has 4 amide bonds. The lowest BCUT2D eigenvalue weighted by molar-refractivity contribution is -0.146. The van der Waals surface area contributed by atoms with Crippen molar-refractivity contribution in [2.75, 3.05) is 77.5 Å². The molecular weight excluding hydrogens is 903 g/mol. The van der Waals surface area contributed by atoms with Crippen molar-refractivity contribution in [3.63, 3.8) is 0 Å². The van der Waals surface area contributed by atoms with Gasteiger partial charge in [0, 0.05) is 55.4 Å². The first-order chi connectivity index (χ1) is 32.0. The molecule has 0 unspecified atom stereocenters. The number of benzene rings is 1. The van der Waals surface area contributed by atoms with Crippen molar-refractivity contribution in [1.82, 2.24) is 25.5 Å². The zero-order chi connectivity index (χ0) is 48.5. The van der Waals surface area contributed by atoms with E-state index in [4.69, 9.17) is 29.4 Å². The van der Waals surface area contributed by atoms with Crippen LogP contribution in [-0.2, 0) is 53.7 Å². The first kappa shape index (κ1) is 52.1. The fraction of sp³-hybridized carbons (Fsp3) is 0.523. The number of pyridine rings is 2. The van der Waals surface area contributed by atoms with Gasteiger partial charge in [-0.05, 0) is 48.6 Å². The Kier molecular flexibility index (Phi) is 19.7. The Balaban J connectivity index is 1.23. The van der Waals surface area contributed by atoms with Crippen LogP contribution in [0.4, 0.5) is 20.4 Å². The number of carboxylic acids is 1. The molecule has 4 heterocycles. The standard InChI is InChI=1S/C44H58F2N8O12S/c1-27(2)41(52-42(58)34-6-4-11-54(34)44(60)33(24-40(56)57)49-38(55)9-14-62-16-18-64-19-17-63-15-10-47)43(59)53-67(3,61)26-28-20-37-50-36-23-31(32(46)25-48-36)30-8-7-29(45)22-35(30)65-12-5-13-66-39(21-28)51-37/h7-8,20-23,25,27,33-34,41H,4-6,9-19,24,26,47H2,1-3H3,(H,49,55)(H,52,58)(H,56,57)(H,48,50,51)/t33-,34-,41-,67+/m0/s1. The molecule has 4 bridgehead atoms. The number of hydrogen-bond donors (Lipinski definition) is 5. The normalized spacial score (nSPS) is 16.5. The summed E-state index contributed by atoms with van der Waals surface area (Å²) < 4.78 is 75.0. The summed E-state index contributed by atoms with van der Waals surface area (Å²) in [6.45, 7) is 5.57. The number of carboxylic acid groups (broad SMARTS) is 1. The van der Waals surface area contributed by atoms with E-state index in [-0.39, 0.29) is 87.0 Å². The number of hydrogen-bond acceptors (Lipinski definition) is 15. The van der Waals surface area contributed by atoms with Gasteiger partial charge in [0.25, 0.3) is 5.91 Å². The first-order valence-corrected chi connectivity index (χ1v) is 23.9. The topological polar surface area (TPSA) is 272 Å². The number of nitrogens with one attached hydrogen (secondary N) is 3. The van der Waals surface area contributed by atoms with Gasteiger partial charge >= 0.3 is 5.97 Å². The second-order valence-corrected chi connectivity index (χ2v) is 18.5. The lowest BCUT2D eigenvalue weighted by Gasteiger charge is -2.29. The molecule has 0 aliphatic carbocycles. The van der Waals surface area contributed by atoms with E-state index in [2.05, 4.69) is 30.3 Å². The third-order valence-corrected chi connectivity index (χ3v) is 11.7. The van der Waals surface area contributed by atoms with E-state index in [9.17, 15) is 37.7 Å². The summed E-state index contributed by atoms with van der Waals surface area (Å²) in [5, 5.41) is 17.7. The second-order valence-electron chi connectivity index (χ2n) is 16.1. The van der Waals surface area contributed by atoms with E-state index in [1.807, 2.05) is 0 Å². The van der Waals surface area contributed by atoms with Crippen LogP contribution in [0.3, 0.4) is 0 Å². The number of fused-ring (bicyclic) bond motifs is 6. The molecule has 20 nitrogen and oxygen atoms in total. The predicted molar refractivity (Wildman–Crippen MR) is 240 cm³/mol. The van der Waals surface area contributed by atoms with Crippen molar-refractivity contribution in [1.29, 1.82) is 0 Å². The molecule has 1 fully saturated rings. The molecule has 366 valence electrons. The van der Waals surface area contributed by atoms with Gasteiger partial charge in [-0.25, -0.2) is 18.0 Å². The highest BCUT2D eigenvalue weighted by molar-refractivity contribution is 7.92. The minimum Gasteiger partial charge on any atom is -0.493 e. The highest BCUT2D eigenvalue weighted by Crippen LogP contribution is 2.35. The van der Waals surface area contributed by atoms with E-state index in [0.717, 1.165) is 6.20 Å². The van der Waals surface area contributed by atoms with Crippen molar-refractivity contribution in [3.05, 3.63) is 59.8 Å². The maximum atomic E-state index is 15.1. The van der Waals surface area contributed by atoms with E-state index in [0.29, 0.717) is 50.3 Å². The largest absolute Gasteiger partial charge is 0.493 e. The Morgan fingerprint density at radius 3 is 2.39 bits per heavy atom. The SMILES string of the molecule is CC(C)[C@H](NC(=O)[C@@H]1CCCN1C(=O)[C@H](CC(=O)O)NC(=O)CCOCCOCCOCCN)C(=O)N=[S@](C)(=O)Cc1cc2nc(c1)OCCCOc1cc(F)ccc1-c1cc(ncc1F)N2. The molecule has 5 rings (SSSR count). The van der Waals surface area contributed by atoms with Gasteiger partial charge in [0.1, 0.15) is 47.1 Å². The van der Waals surface area contributed by atoms with Crippen LogP contribution in [0.25, 0.3) is 11.1 Å². The molecule has 2 aliphatic rings. The highest BCUT2D eigenvalue weighted by atomic mass is 32.2. The van der Waals surface area contributed by atoms with Gasteiger partial charge in [-0.1, -0.05) is 13.8 Å². The fourth-order valence-electron chi connectivity index (χ4n) is 7.17. The van der Waals surface area contributed by atoms with E-state index in [1.54, 1.807) is 19.9 Å². The number of nitrogens with zero attached hydrogens (tertiary/aromatic N) is 4. The average molecular weight is 961 g/mol. The lowest BCUT2D eigenvalue weighted by Crippen LogP contribution is -2.56. The molecule has 23 heteroatoms. The summed E-state index contributed by atoms with van der Waals surface area (Å²) in [4.78, 5) is 75.6. The van der Waals surface area contributed by atoms with Crippen LogP contribution in [0.1, 0.15) is 51.5 Å². The van der Waals surface area contributed by atoms with Gasteiger partial charge in [0.05, 0.1) is 81.0 Å². The summed E-state index contributed by atoms with van der Waals surface area (Å²) in [5.41, 5.74) is 6.15. The van der Waals surface area contributed by atoms with Crippen molar-refractivity contribution in [3.8, 4) is 22.8 Å². The van der Waals surface area contributed by atoms with E-state index in [1.165, 1.54) is 41.5 Å². The molecule has 67 heavy (non-hydrogen) atoms. The molecule has 4 atom stereocenters. The van der Waals surface area contributed by atoms with Crippen LogP contribution in [0.15, 0.2) is 47.0 Å². The van der Waals surface area contributed by atoms with Gasteiger partial charge in [-0.3, -0.25) is 24.0 Å². The molecule has 2 aliphatic heterocycles. The quantitative estimate of drug-likeness (QED) is 0.0961. The summed E-state index contributed by atoms with van der Waals surface area (Å²) >= 11 is 0. The van der Waals surface area contributed by atoms with Crippen molar-refractivity contribution < 1.29 is 65.8 Å². The summed E-state index contributed by atoms with van der Waals surface area (Å²) in [6, 6.07) is 4.39. The summed E-state index contributed by atoms with van der Waals surface area (Å²) in [5.74, 6) is -5.78. The minimum absolute atomic E-state index is 0.0224. The number of carbonyl (C=O) groups is 5. The number of rotatable bonds is 21. The molecule has 1 aromatic carbocycles. The number of halogens is 2. The average Bonchev–Trinajstić information content (AvgIpc) is 3.76. The number of nitrogens with two attached hydrogens (primary N) is 1. The summed E-state index contributed by atoms with van der Waals surface area (Å²) in [6.07, 6.45) is 2.27. The Labute approximate surface area is 387 Å². The molecule has 0 spiro atoms. The number of amides is 4. The van der Waals surface area contributed by atoms with Crippen LogP contribution in [0.2, 0.25) is 0 Å². The third-order valence-electron chi connectivity index (χ3n) is 10.3. The van der Waals surface area contributed by atoms with Gasteiger partial charge in [0.2, 0.25) is 23.6 Å². The second kappa shape index (κ2) is 25.3. The van der Waals surface area contributed by atoms with Crippen LogP contribution >= 0.6 is 0 Å². The number of likely N-dealkylation sites (tertiary alicyclic amines) is 1. The van der Waals surface area contributed by atoms with Crippen molar-refractivity contribution >= 4 is 51.0 Å². The number of aromatic nitrogens is 2. The minimum atomic E-state index is -3.35. The zero-order valence-electron chi connectivity index (χ0n) is 37.6. The van der Waals surface area contributed by atoms with Gasteiger partial charge < -0.3 is 55.4 Å². The maximum Gasteiger partial charge on any atom is 0.305 e. The molecule has 2 aromatic heterocycles. The van der Waals surface area contributed by atoms with Crippen molar-refractivity contribution in [2.45, 2.75) is 69.8 Å². The highest BCUT2D eigenvalue weighted by Gasteiger charge is 2.40. The van der Waals surface area contributed by atoms with Crippen LogP contribution in [0.5, 0.6) is 11.6 Å². The van der Waals surface area contributed by atoms with Crippen molar-refractivity contribution in [2.24, 2.45) is 16.0 Å². The zero-order valence-corrected chi connectivity index (χ0v) is 38.4. The Hall–Kier alpha value is -5.88. The maximum absolute atomic E-state index is 15.1. The molecule has 0 saturated carbocycles. The third kappa shape index (κ3) is 16.2. The Bertz CT molecular complexity index is 2350. The lowest BCUT2D eigenvalue weighted by atomic mass is 10.0. The monoisotopic (exact) mass is 960 g/mol. The van der Waals surface area contributed by atoms with Gasteiger partial charge in [0.15, 0.2) is 0 Å². The Morgan fingerprint density at radius 1 is 0.955 bits per heavy atom. The predicted octanol–water partition coefficient (Wildman–Crippen LogP) is 2.94. The van der Waals surface area contributed by atoms with E-state index >= 15 is 4.39 Å². The fourth-order valence-corrected chi connectivity index (χ4v) is 8.51. The number of ether oxygens (including phenoxy) is 5. The Morgan fingerprint density at radius 2 is 1.67 bits per heavy atom. The van der Waals surface area contributed by atoms with Crippen LogP contribution in [0, 0.1) is 17.6 Å². The molecule has 3 aromatic rings. The number of aliphatic carboxylic acids is 1. The van der Waals surface area contributed by atoms with Gasteiger partial charge in [-0.15, -0.1) is 0 Å². The molecule has 6 N–H and O–H groups in total. The molecular formula is C44H58F2N8O12S. The first-order valence-electron chi connectivity index (χ1n) is 21.8.